The van der Waals surface area contributed by atoms with E-state index in [0.717, 1.165) is 23.6 Å². The number of anilines is 1. The Morgan fingerprint density at radius 1 is 1.50 bits per heavy atom. The average Bonchev–Trinajstić information content (AvgIpc) is 3.16. The molecule has 0 unspecified atom stereocenters. The number of hydrogen-bond acceptors (Lipinski definition) is 7. The van der Waals surface area contributed by atoms with Crippen molar-refractivity contribution in [1.29, 1.82) is 0 Å². The highest BCUT2D eigenvalue weighted by atomic mass is 32.2. The lowest BCUT2D eigenvalue weighted by atomic mass is 10.2. The Morgan fingerprint density at radius 3 is 3.00 bits per heavy atom. The van der Waals surface area contributed by atoms with Crippen molar-refractivity contribution in [3.63, 3.8) is 0 Å². The monoisotopic (exact) mass is 292 g/mol. The standard InChI is InChI=1S/C11H12N6O2S/c12-9-4-1-7(5-10(9)17(18)19)6-20-11-13-14-15-16(11)8-2-3-8/h1,4-5,8H,2-3,6,12H2. The number of rotatable bonds is 5. The molecule has 0 amide bonds. The molecule has 1 saturated carbocycles. The molecule has 3 rings (SSSR count). The number of thioether (sulfide) groups is 1. The molecule has 1 aromatic heterocycles. The van der Waals surface area contributed by atoms with E-state index in [1.807, 2.05) is 4.68 Å². The number of nitro groups is 1. The van der Waals surface area contributed by atoms with Crippen LogP contribution < -0.4 is 5.73 Å². The van der Waals surface area contributed by atoms with Crippen molar-refractivity contribution >= 4 is 23.1 Å². The lowest BCUT2D eigenvalue weighted by molar-refractivity contribution is -0.383. The van der Waals surface area contributed by atoms with Crippen molar-refractivity contribution in [3.05, 3.63) is 33.9 Å². The molecule has 2 aromatic rings. The molecule has 0 saturated heterocycles. The van der Waals surface area contributed by atoms with Gasteiger partial charge in [-0.05, 0) is 34.9 Å². The number of tetrazole rings is 1. The second kappa shape index (κ2) is 5.08. The Labute approximate surface area is 118 Å². The number of benzene rings is 1. The second-order valence-corrected chi connectivity index (χ2v) is 5.52. The highest BCUT2D eigenvalue weighted by molar-refractivity contribution is 7.98. The minimum Gasteiger partial charge on any atom is -0.393 e. The predicted molar refractivity (Wildman–Crippen MR) is 73.2 cm³/mol. The molecular formula is C11H12N6O2S. The van der Waals surface area contributed by atoms with Crippen LogP contribution in [0.3, 0.4) is 0 Å². The van der Waals surface area contributed by atoms with E-state index in [4.69, 9.17) is 5.73 Å². The minimum atomic E-state index is -0.474. The third-order valence-electron chi connectivity index (χ3n) is 3.01. The van der Waals surface area contributed by atoms with Crippen molar-refractivity contribution in [3.8, 4) is 0 Å². The maximum atomic E-state index is 10.8. The van der Waals surface area contributed by atoms with Crippen LogP contribution in [-0.4, -0.2) is 25.1 Å². The number of nitrogen functional groups attached to an aromatic ring is 1. The summed E-state index contributed by atoms with van der Waals surface area (Å²) in [5.74, 6) is 0.564. The zero-order valence-electron chi connectivity index (χ0n) is 10.5. The Hall–Kier alpha value is -2.16. The van der Waals surface area contributed by atoms with Gasteiger partial charge in [0, 0.05) is 11.8 Å². The first kappa shape index (κ1) is 12.9. The molecule has 1 aromatic carbocycles. The van der Waals surface area contributed by atoms with Crippen LogP contribution in [0, 0.1) is 10.1 Å². The van der Waals surface area contributed by atoms with Crippen LogP contribution in [0.5, 0.6) is 0 Å². The maximum Gasteiger partial charge on any atom is 0.292 e. The lowest BCUT2D eigenvalue weighted by Gasteiger charge is -2.03. The van der Waals surface area contributed by atoms with Crippen LogP contribution in [0.25, 0.3) is 0 Å². The Kier molecular flexibility index (Phi) is 3.26. The van der Waals surface area contributed by atoms with E-state index >= 15 is 0 Å². The fraction of sp³-hybridized carbons (Fsp3) is 0.364. The van der Waals surface area contributed by atoms with Crippen molar-refractivity contribution < 1.29 is 4.92 Å². The number of nitrogens with zero attached hydrogens (tertiary/aromatic N) is 5. The zero-order chi connectivity index (χ0) is 14.1. The molecule has 1 aliphatic carbocycles. The van der Waals surface area contributed by atoms with Gasteiger partial charge in [-0.15, -0.1) is 5.10 Å². The van der Waals surface area contributed by atoms with Crippen molar-refractivity contribution in [2.45, 2.75) is 29.8 Å². The third-order valence-corrected chi connectivity index (χ3v) is 4.02. The molecule has 1 fully saturated rings. The van der Waals surface area contributed by atoms with Gasteiger partial charge < -0.3 is 5.73 Å². The first-order chi connectivity index (χ1) is 9.65. The van der Waals surface area contributed by atoms with Gasteiger partial charge >= 0.3 is 0 Å². The SMILES string of the molecule is Nc1ccc(CSc2nnnn2C2CC2)cc1[N+](=O)[O-]. The average molecular weight is 292 g/mol. The highest BCUT2D eigenvalue weighted by Crippen LogP contribution is 2.37. The molecule has 9 heteroatoms. The Bertz CT molecular complexity index is 654. The van der Waals surface area contributed by atoms with Gasteiger partial charge in [0.1, 0.15) is 5.69 Å². The molecule has 104 valence electrons. The van der Waals surface area contributed by atoms with Gasteiger partial charge in [-0.2, -0.15) is 0 Å². The first-order valence-corrected chi connectivity index (χ1v) is 7.07. The zero-order valence-corrected chi connectivity index (χ0v) is 11.3. The van der Waals surface area contributed by atoms with Gasteiger partial charge in [-0.1, -0.05) is 17.8 Å². The molecule has 0 bridgehead atoms. The minimum absolute atomic E-state index is 0.0649. The predicted octanol–water partition coefficient (Wildman–Crippen LogP) is 1.79. The summed E-state index contributed by atoms with van der Waals surface area (Å²) in [4.78, 5) is 10.4. The van der Waals surface area contributed by atoms with Crippen LogP contribution in [-0.2, 0) is 5.75 Å². The van der Waals surface area contributed by atoms with E-state index in [9.17, 15) is 10.1 Å². The van der Waals surface area contributed by atoms with Crippen LogP contribution in [0.2, 0.25) is 0 Å². The van der Waals surface area contributed by atoms with Gasteiger partial charge in [0.25, 0.3) is 5.69 Å². The molecule has 0 atom stereocenters. The van der Waals surface area contributed by atoms with Gasteiger partial charge in [-0.3, -0.25) is 10.1 Å². The summed E-state index contributed by atoms with van der Waals surface area (Å²) in [6.45, 7) is 0. The fourth-order valence-corrected chi connectivity index (χ4v) is 2.70. The van der Waals surface area contributed by atoms with E-state index in [-0.39, 0.29) is 11.4 Å². The fourth-order valence-electron chi connectivity index (χ4n) is 1.81. The molecular weight excluding hydrogens is 280 g/mol. The molecule has 1 heterocycles. The second-order valence-electron chi connectivity index (χ2n) is 4.58. The quantitative estimate of drug-likeness (QED) is 0.387. The van der Waals surface area contributed by atoms with Crippen LogP contribution >= 0.6 is 11.8 Å². The smallest absolute Gasteiger partial charge is 0.292 e. The Morgan fingerprint density at radius 2 is 2.30 bits per heavy atom. The summed E-state index contributed by atoms with van der Waals surface area (Å²) in [6, 6.07) is 5.24. The van der Waals surface area contributed by atoms with E-state index < -0.39 is 4.92 Å². The summed E-state index contributed by atoms with van der Waals surface area (Å²) in [5.41, 5.74) is 6.50. The van der Waals surface area contributed by atoms with Crippen molar-refractivity contribution in [1.82, 2.24) is 20.2 Å². The maximum absolute atomic E-state index is 10.8. The summed E-state index contributed by atoms with van der Waals surface area (Å²) in [7, 11) is 0. The number of nitro benzene ring substituents is 1. The molecule has 1 aliphatic rings. The summed E-state index contributed by atoms with van der Waals surface area (Å²) < 4.78 is 1.82. The van der Waals surface area contributed by atoms with Gasteiger partial charge in [0.05, 0.1) is 11.0 Å². The molecule has 8 nitrogen and oxygen atoms in total. The molecule has 2 N–H and O–H groups in total. The van der Waals surface area contributed by atoms with Crippen LogP contribution in [0.15, 0.2) is 23.4 Å². The van der Waals surface area contributed by atoms with Gasteiger partial charge in [0.15, 0.2) is 0 Å². The summed E-state index contributed by atoms with van der Waals surface area (Å²) in [5, 5.41) is 23.2. The number of nitrogens with two attached hydrogens (primary N) is 1. The number of aromatic nitrogens is 4. The largest absolute Gasteiger partial charge is 0.393 e. The van der Waals surface area contributed by atoms with Crippen LogP contribution in [0.1, 0.15) is 24.4 Å². The van der Waals surface area contributed by atoms with E-state index in [2.05, 4.69) is 15.5 Å². The number of hydrogen-bond donors (Lipinski definition) is 1. The van der Waals surface area contributed by atoms with E-state index in [1.165, 1.54) is 17.8 Å². The van der Waals surface area contributed by atoms with Crippen molar-refractivity contribution in [2.75, 3.05) is 5.73 Å². The first-order valence-electron chi connectivity index (χ1n) is 6.08. The summed E-state index contributed by atoms with van der Waals surface area (Å²) >= 11 is 1.46. The molecule has 20 heavy (non-hydrogen) atoms. The van der Waals surface area contributed by atoms with Gasteiger partial charge in [0.2, 0.25) is 5.16 Å². The third kappa shape index (κ3) is 2.57. The highest BCUT2D eigenvalue weighted by Gasteiger charge is 2.27. The molecule has 0 aliphatic heterocycles. The van der Waals surface area contributed by atoms with Crippen LogP contribution in [0.4, 0.5) is 11.4 Å². The van der Waals surface area contributed by atoms with E-state index in [1.54, 1.807) is 12.1 Å². The van der Waals surface area contributed by atoms with Gasteiger partial charge in [-0.25, -0.2) is 4.68 Å². The van der Waals surface area contributed by atoms with Crippen molar-refractivity contribution in [2.24, 2.45) is 0 Å². The Balaban J connectivity index is 1.73. The van der Waals surface area contributed by atoms with E-state index in [0.29, 0.717) is 11.8 Å². The molecule has 0 radical (unpaired) electrons. The molecule has 0 spiro atoms. The summed E-state index contributed by atoms with van der Waals surface area (Å²) in [6.07, 6.45) is 2.21. The lowest BCUT2D eigenvalue weighted by Crippen LogP contribution is -1.99. The topological polar surface area (TPSA) is 113 Å². The normalized spacial score (nSPS) is 14.4.